The first kappa shape index (κ1) is 21.5. The Balaban J connectivity index is 1.59. The molecule has 4 nitrogen and oxygen atoms in total. The molecule has 4 saturated carbocycles. The molecule has 4 heteroatoms. The predicted octanol–water partition coefficient (Wildman–Crippen LogP) is 7.08. The second-order valence-electron chi connectivity index (χ2n) is 11.4. The molecule has 0 heterocycles. The van der Waals surface area contributed by atoms with Crippen molar-refractivity contribution in [3.8, 4) is 0 Å². The quantitative estimate of drug-likeness (QED) is 0.308. The zero-order valence-electron chi connectivity index (χ0n) is 19.0. The number of hydrogen-bond donors (Lipinski definition) is 1. The number of hydrogen-bond acceptors (Lipinski definition) is 4. The van der Waals surface area contributed by atoms with Gasteiger partial charge in [0, 0.05) is 5.41 Å². The summed E-state index contributed by atoms with van der Waals surface area (Å²) in [6.07, 6.45) is 12.9. The number of fused-ring (bicyclic) bond motifs is 5. The van der Waals surface area contributed by atoms with Crippen molar-refractivity contribution in [3.63, 3.8) is 0 Å². The minimum absolute atomic E-state index is 0.0316. The van der Waals surface area contributed by atoms with Crippen LogP contribution in [0.25, 0.3) is 0 Å². The van der Waals surface area contributed by atoms with E-state index in [1.165, 1.54) is 57.8 Å². The van der Waals surface area contributed by atoms with Gasteiger partial charge in [0.15, 0.2) is 0 Å². The Hall–Kier alpha value is -0.770. The average Bonchev–Trinajstić information content (AvgIpc) is 3.06. The molecule has 0 radical (unpaired) electrons. The molecule has 0 aromatic heterocycles. The van der Waals surface area contributed by atoms with Crippen LogP contribution in [0.5, 0.6) is 0 Å². The van der Waals surface area contributed by atoms with Gasteiger partial charge in [-0.3, -0.25) is 4.89 Å². The topological polar surface area (TPSA) is 55.8 Å². The van der Waals surface area contributed by atoms with Gasteiger partial charge < -0.3 is 4.74 Å². The van der Waals surface area contributed by atoms with Crippen molar-refractivity contribution in [1.29, 1.82) is 0 Å². The molecule has 1 N–H and O–H groups in total. The van der Waals surface area contributed by atoms with Crippen molar-refractivity contribution in [3.05, 3.63) is 0 Å². The standard InChI is InChI=1S/C25H42O4/c1-5-7-16(2)19-12-13-20-18-11-10-17-8-6-9-22(28-23(26)29-27)25(17,4)21(18)14-15-24(19,20)3/h16-22,27H,5-15H2,1-4H3/t16-,17?,18?,19-,20?,21?,22?,24-,25+/m1/s1. The fourth-order valence-corrected chi connectivity index (χ4v) is 9.24. The van der Waals surface area contributed by atoms with Crippen molar-refractivity contribution in [2.75, 3.05) is 0 Å². The van der Waals surface area contributed by atoms with Gasteiger partial charge in [-0.05, 0) is 98.7 Å². The summed E-state index contributed by atoms with van der Waals surface area (Å²) in [5, 5.41) is 8.79. The van der Waals surface area contributed by atoms with Crippen LogP contribution in [-0.4, -0.2) is 17.5 Å². The van der Waals surface area contributed by atoms with Crippen LogP contribution < -0.4 is 0 Å². The molecular weight excluding hydrogens is 364 g/mol. The molecule has 4 fully saturated rings. The van der Waals surface area contributed by atoms with Crippen molar-refractivity contribution < 1.29 is 19.7 Å². The number of carbonyl (C=O) groups excluding carboxylic acids is 1. The van der Waals surface area contributed by atoms with Crippen LogP contribution >= 0.6 is 0 Å². The van der Waals surface area contributed by atoms with E-state index in [1.54, 1.807) is 0 Å². The molecule has 5 unspecified atom stereocenters. The van der Waals surface area contributed by atoms with E-state index >= 15 is 0 Å². The van der Waals surface area contributed by atoms with E-state index in [9.17, 15) is 4.79 Å². The summed E-state index contributed by atoms with van der Waals surface area (Å²) in [5.41, 5.74) is 0.526. The van der Waals surface area contributed by atoms with E-state index in [0.29, 0.717) is 17.3 Å². The Morgan fingerprint density at radius 1 is 1.07 bits per heavy atom. The van der Waals surface area contributed by atoms with Gasteiger partial charge in [0.2, 0.25) is 0 Å². The van der Waals surface area contributed by atoms with E-state index in [0.717, 1.165) is 36.5 Å². The lowest BCUT2D eigenvalue weighted by molar-refractivity contribution is -0.226. The highest BCUT2D eigenvalue weighted by atomic mass is 17.1. The normalized spacial score (nSPS) is 47.5. The van der Waals surface area contributed by atoms with Crippen molar-refractivity contribution in [2.45, 2.75) is 104 Å². The van der Waals surface area contributed by atoms with Crippen LogP contribution in [0.3, 0.4) is 0 Å². The second-order valence-corrected chi connectivity index (χ2v) is 11.4. The van der Waals surface area contributed by atoms with Gasteiger partial charge in [-0.1, -0.05) is 40.5 Å². The molecular formula is C25H42O4. The van der Waals surface area contributed by atoms with E-state index in [4.69, 9.17) is 9.99 Å². The molecule has 0 amide bonds. The third kappa shape index (κ3) is 3.32. The summed E-state index contributed by atoms with van der Waals surface area (Å²) in [5.74, 6) is 4.58. The summed E-state index contributed by atoms with van der Waals surface area (Å²) in [6.45, 7) is 9.84. The van der Waals surface area contributed by atoms with Gasteiger partial charge in [0.05, 0.1) is 0 Å². The Kier molecular flexibility index (Phi) is 5.96. The van der Waals surface area contributed by atoms with Gasteiger partial charge in [0.25, 0.3) is 0 Å². The summed E-state index contributed by atoms with van der Waals surface area (Å²) < 4.78 is 5.68. The van der Waals surface area contributed by atoms with E-state index in [-0.39, 0.29) is 11.5 Å². The first-order valence-corrected chi connectivity index (χ1v) is 12.4. The highest BCUT2D eigenvalue weighted by Crippen LogP contribution is 2.68. The highest BCUT2D eigenvalue weighted by molar-refractivity contribution is 5.59. The minimum atomic E-state index is -0.922. The number of rotatable bonds is 4. The monoisotopic (exact) mass is 406 g/mol. The molecule has 9 atom stereocenters. The van der Waals surface area contributed by atoms with Crippen LogP contribution in [0.4, 0.5) is 4.79 Å². The maximum Gasteiger partial charge on any atom is 0.540 e. The SMILES string of the molecule is CCC[C@@H](C)[C@H]1CCC2C3CCC4CCCC(OC(=O)OO)[C@]4(C)C3CC[C@@]21C. The van der Waals surface area contributed by atoms with E-state index in [2.05, 4.69) is 32.6 Å². The molecule has 0 aromatic rings. The molecule has 166 valence electrons. The van der Waals surface area contributed by atoms with Gasteiger partial charge in [-0.2, -0.15) is 5.26 Å². The predicted molar refractivity (Wildman–Crippen MR) is 113 cm³/mol. The summed E-state index contributed by atoms with van der Waals surface area (Å²) >= 11 is 0. The Morgan fingerprint density at radius 2 is 1.86 bits per heavy atom. The molecule has 0 bridgehead atoms. The second kappa shape index (κ2) is 8.05. The largest absolute Gasteiger partial charge is 0.540 e. The van der Waals surface area contributed by atoms with Gasteiger partial charge in [-0.15, -0.1) is 0 Å². The molecule has 29 heavy (non-hydrogen) atoms. The zero-order chi connectivity index (χ0) is 20.8. The van der Waals surface area contributed by atoms with Crippen LogP contribution in [-0.2, 0) is 9.62 Å². The average molecular weight is 407 g/mol. The van der Waals surface area contributed by atoms with E-state index in [1.807, 2.05) is 0 Å². The maximum absolute atomic E-state index is 11.8. The minimum Gasteiger partial charge on any atom is -0.428 e. The van der Waals surface area contributed by atoms with Crippen molar-refractivity contribution in [2.24, 2.45) is 46.3 Å². The first-order chi connectivity index (χ1) is 13.9. The molecule has 4 aliphatic rings. The first-order valence-electron chi connectivity index (χ1n) is 12.4. The Morgan fingerprint density at radius 3 is 2.59 bits per heavy atom. The fraction of sp³-hybridized carbons (Fsp3) is 0.960. The van der Waals surface area contributed by atoms with Gasteiger partial charge in [0.1, 0.15) is 6.10 Å². The smallest absolute Gasteiger partial charge is 0.428 e. The van der Waals surface area contributed by atoms with Crippen molar-refractivity contribution >= 4 is 6.16 Å². The molecule has 4 rings (SSSR count). The molecule has 0 spiro atoms. The van der Waals surface area contributed by atoms with Gasteiger partial charge in [-0.25, -0.2) is 4.79 Å². The van der Waals surface area contributed by atoms with E-state index < -0.39 is 6.16 Å². The van der Waals surface area contributed by atoms with Gasteiger partial charge >= 0.3 is 6.16 Å². The molecule has 0 aromatic carbocycles. The maximum atomic E-state index is 11.8. The number of ether oxygens (including phenoxy) is 1. The summed E-state index contributed by atoms with van der Waals surface area (Å²) in [4.78, 5) is 15.7. The third-order valence-electron chi connectivity index (χ3n) is 10.5. The Labute approximate surface area is 177 Å². The lowest BCUT2D eigenvalue weighted by Gasteiger charge is -2.62. The molecule has 0 aliphatic heterocycles. The van der Waals surface area contributed by atoms with Crippen LogP contribution in [0.2, 0.25) is 0 Å². The lowest BCUT2D eigenvalue weighted by Crippen LogP contribution is -2.58. The van der Waals surface area contributed by atoms with Crippen LogP contribution in [0, 0.1) is 46.3 Å². The third-order valence-corrected chi connectivity index (χ3v) is 10.5. The van der Waals surface area contributed by atoms with Crippen molar-refractivity contribution in [1.82, 2.24) is 0 Å². The Bertz CT molecular complexity index is 606. The zero-order valence-corrected chi connectivity index (χ0v) is 19.0. The summed E-state index contributed by atoms with van der Waals surface area (Å²) in [6, 6.07) is 0. The lowest BCUT2D eigenvalue weighted by atomic mass is 9.44. The summed E-state index contributed by atoms with van der Waals surface area (Å²) in [7, 11) is 0. The fourth-order valence-electron chi connectivity index (χ4n) is 9.24. The van der Waals surface area contributed by atoms with Crippen LogP contribution in [0.1, 0.15) is 98.3 Å². The van der Waals surface area contributed by atoms with Crippen LogP contribution in [0.15, 0.2) is 0 Å². The molecule has 4 aliphatic carbocycles. The highest BCUT2D eigenvalue weighted by Gasteiger charge is 2.62. The molecule has 0 saturated heterocycles. The number of carbonyl (C=O) groups is 1.